The highest BCUT2D eigenvalue weighted by Crippen LogP contribution is 2.31. The first-order valence-electron chi connectivity index (χ1n) is 6.48. The van der Waals surface area contributed by atoms with Crippen LogP contribution in [0.25, 0.3) is 11.4 Å². The van der Waals surface area contributed by atoms with Gasteiger partial charge in [-0.05, 0) is 31.5 Å². The Morgan fingerprint density at radius 1 is 1.48 bits per heavy atom. The van der Waals surface area contributed by atoms with Gasteiger partial charge in [-0.15, -0.1) is 5.10 Å². The van der Waals surface area contributed by atoms with E-state index < -0.39 is 0 Å². The molecule has 1 heterocycles. The number of halogens is 1. The molecule has 5 nitrogen and oxygen atoms in total. The Balaban J connectivity index is 2.06. The first-order valence-corrected chi connectivity index (χ1v) is 7.85. The number of carbonyl (C=O) groups excluding carboxylic acids is 1. The Labute approximate surface area is 132 Å². The van der Waals surface area contributed by atoms with Gasteiger partial charge in [0.2, 0.25) is 5.16 Å². The zero-order valence-corrected chi connectivity index (χ0v) is 13.4. The fraction of sp³-hybridized carbons (Fsp3) is 0.357. The van der Waals surface area contributed by atoms with Crippen LogP contribution in [-0.2, 0) is 4.79 Å². The minimum atomic E-state index is 0.204. The number of hydrogen-bond acceptors (Lipinski definition) is 5. The molecule has 0 bridgehead atoms. The Hall–Kier alpha value is -1.53. The van der Waals surface area contributed by atoms with Gasteiger partial charge in [-0.25, -0.2) is 4.98 Å². The van der Waals surface area contributed by atoms with Gasteiger partial charge in [-0.3, -0.25) is 5.10 Å². The molecule has 2 aromatic rings. The van der Waals surface area contributed by atoms with Crippen molar-refractivity contribution in [2.75, 3.05) is 12.9 Å². The van der Waals surface area contributed by atoms with Crippen LogP contribution in [0.3, 0.4) is 0 Å². The number of methoxy groups -OCH3 is 1. The van der Waals surface area contributed by atoms with E-state index in [1.807, 2.05) is 0 Å². The fourth-order valence-electron chi connectivity index (χ4n) is 1.78. The van der Waals surface area contributed by atoms with Crippen molar-refractivity contribution in [3.05, 3.63) is 23.2 Å². The number of thioether (sulfide) groups is 1. The molecule has 112 valence electrons. The van der Waals surface area contributed by atoms with E-state index in [2.05, 4.69) is 15.2 Å². The molecular weight excluding hydrogens is 310 g/mol. The van der Waals surface area contributed by atoms with Crippen molar-refractivity contribution < 1.29 is 9.53 Å². The lowest BCUT2D eigenvalue weighted by molar-refractivity contribution is -0.117. The summed E-state index contributed by atoms with van der Waals surface area (Å²) in [6, 6.07) is 5.34. The SMILES string of the molecule is COc1ccc(Cl)cc1-c1nc(SCCCC(C)=O)n[nH]1. The van der Waals surface area contributed by atoms with E-state index in [1.54, 1.807) is 32.2 Å². The summed E-state index contributed by atoms with van der Waals surface area (Å²) in [5, 5.41) is 8.30. The van der Waals surface area contributed by atoms with E-state index in [-0.39, 0.29) is 5.78 Å². The minimum Gasteiger partial charge on any atom is -0.496 e. The number of H-pyrrole nitrogens is 1. The smallest absolute Gasteiger partial charge is 0.208 e. The third kappa shape index (κ3) is 4.47. The van der Waals surface area contributed by atoms with Gasteiger partial charge < -0.3 is 9.53 Å². The zero-order chi connectivity index (χ0) is 15.2. The molecule has 0 saturated heterocycles. The van der Waals surface area contributed by atoms with Gasteiger partial charge in [0, 0.05) is 17.2 Å². The number of benzene rings is 1. The molecule has 0 aliphatic heterocycles. The molecule has 21 heavy (non-hydrogen) atoms. The van der Waals surface area contributed by atoms with Crippen LogP contribution in [0.4, 0.5) is 0 Å². The number of rotatable bonds is 7. The summed E-state index contributed by atoms with van der Waals surface area (Å²) >= 11 is 7.52. The van der Waals surface area contributed by atoms with Crippen molar-refractivity contribution in [1.29, 1.82) is 0 Å². The molecule has 0 spiro atoms. The van der Waals surface area contributed by atoms with Gasteiger partial charge in [0.05, 0.1) is 12.7 Å². The van der Waals surface area contributed by atoms with Crippen LogP contribution in [0.2, 0.25) is 5.02 Å². The van der Waals surface area contributed by atoms with Gasteiger partial charge in [0.25, 0.3) is 0 Å². The summed E-state index contributed by atoms with van der Waals surface area (Å²) in [5.74, 6) is 2.31. The van der Waals surface area contributed by atoms with Gasteiger partial charge in [0.15, 0.2) is 5.82 Å². The van der Waals surface area contributed by atoms with E-state index in [0.29, 0.717) is 28.2 Å². The first-order chi connectivity index (χ1) is 10.1. The molecule has 0 fully saturated rings. The van der Waals surface area contributed by atoms with Crippen LogP contribution in [0.5, 0.6) is 5.75 Å². The first kappa shape index (κ1) is 15.9. The maximum atomic E-state index is 10.9. The molecule has 0 radical (unpaired) electrons. The van der Waals surface area contributed by atoms with Crippen LogP contribution in [0, 0.1) is 0 Å². The second-order valence-corrected chi connectivity index (χ2v) is 5.96. The Kier molecular flexibility index (Phi) is 5.64. The third-order valence-electron chi connectivity index (χ3n) is 2.79. The summed E-state index contributed by atoms with van der Waals surface area (Å²) in [7, 11) is 1.60. The van der Waals surface area contributed by atoms with E-state index in [4.69, 9.17) is 16.3 Å². The fourth-order valence-corrected chi connectivity index (χ4v) is 2.69. The molecular formula is C14H16ClN3O2S. The van der Waals surface area contributed by atoms with Gasteiger partial charge >= 0.3 is 0 Å². The molecule has 0 amide bonds. The van der Waals surface area contributed by atoms with Gasteiger partial charge in [-0.2, -0.15) is 0 Å². The Morgan fingerprint density at radius 2 is 2.29 bits per heavy atom. The van der Waals surface area contributed by atoms with Crippen molar-refractivity contribution in [2.24, 2.45) is 0 Å². The maximum Gasteiger partial charge on any atom is 0.208 e. The monoisotopic (exact) mass is 325 g/mol. The number of nitrogens with zero attached hydrogens (tertiary/aromatic N) is 2. The Bertz CT molecular complexity index is 630. The van der Waals surface area contributed by atoms with Crippen molar-refractivity contribution in [3.8, 4) is 17.1 Å². The van der Waals surface area contributed by atoms with Gasteiger partial charge in [0.1, 0.15) is 11.5 Å². The lowest BCUT2D eigenvalue weighted by Crippen LogP contribution is -1.91. The quantitative estimate of drug-likeness (QED) is 0.622. The standard InChI is InChI=1S/C14H16ClN3O2S/c1-9(19)4-3-7-21-14-16-13(17-18-14)11-8-10(15)5-6-12(11)20-2/h5-6,8H,3-4,7H2,1-2H3,(H,16,17,18). The summed E-state index contributed by atoms with van der Waals surface area (Å²) in [4.78, 5) is 15.3. The molecule has 0 aliphatic rings. The second-order valence-electron chi connectivity index (χ2n) is 4.47. The van der Waals surface area contributed by atoms with E-state index >= 15 is 0 Å². The van der Waals surface area contributed by atoms with Crippen LogP contribution in [-0.4, -0.2) is 33.8 Å². The van der Waals surface area contributed by atoms with Crippen molar-refractivity contribution >= 4 is 29.1 Å². The molecule has 7 heteroatoms. The van der Waals surface area contributed by atoms with Crippen molar-refractivity contribution in [3.63, 3.8) is 0 Å². The van der Waals surface area contributed by atoms with Crippen molar-refractivity contribution in [2.45, 2.75) is 24.9 Å². The largest absolute Gasteiger partial charge is 0.496 e. The van der Waals surface area contributed by atoms with Crippen LogP contribution in [0.15, 0.2) is 23.4 Å². The molecule has 0 atom stereocenters. The number of Topliss-reactive ketones (excluding diaryl/α,β-unsaturated/α-hetero) is 1. The molecule has 0 aliphatic carbocycles. The van der Waals surface area contributed by atoms with E-state index in [0.717, 1.165) is 17.7 Å². The number of ether oxygens (including phenoxy) is 1. The number of carbonyl (C=O) groups is 1. The van der Waals surface area contributed by atoms with Crippen molar-refractivity contribution in [1.82, 2.24) is 15.2 Å². The maximum absolute atomic E-state index is 10.9. The number of hydrogen-bond donors (Lipinski definition) is 1. The van der Waals surface area contributed by atoms with Gasteiger partial charge in [-0.1, -0.05) is 23.4 Å². The number of nitrogens with one attached hydrogen (secondary N) is 1. The van der Waals surface area contributed by atoms with E-state index in [9.17, 15) is 4.79 Å². The second kappa shape index (κ2) is 7.47. The zero-order valence-electron chi connectivity index (χ0n) is 11.9. The molecule has 2 rings (SSSR count). The molecule has 0 saturated carbocycles. The Morgan fingerprint density at radius 3 is 3.00 bits per heavy atom. The summed E-state index contributed by atoms with van der Waals surface area (Å²) < 4.78 is 5.30. The average Bonchev–Trinajstić information content (AvgIpc) is 2.92. The predicted octanol–water partition coefficient (Wildman–Crippen LogP) is 3.60. The summed E-state index contributed by atoms with van der Waals surface area (Å²) in [5.41, 5.74) is 0.771. The van der Waals surface area contributed by atoms with E-state index in [1.165, 1.54) is 11.8 Å². The summed E-state index contributed by atoms with van der Waals surface area (Å²) in [6.45, 7) is 1.60. The topological polar surface area (TPSA) is 67.9 Å². The lowest BCUT2D eigenvalue weighted by Gasteiger charge is -2.05. The molecule has 0 unspecified atom stereocenters. The molecule has 1 aromatic carbocycles. The number of ketones is 1. The summed E-state index contributed by atoms with van der Waals surface area (Å²) in [6.07, 6.45) is 1.41. The highest BCUT2D eigenvalue weighted by molar-refractivity contribution is 7.99. The average molecular weight is 326 g/mol. The molecule has 1 N–H and O–H groups in total. The lowest BCUT2D eigenvalue weighted by atomic mass is 10.2. The highest BCUT2D eigenvalue weighted by atomic mass is 35.5. The number of aromatic amines is 1. The normalized spacial score (nSPS) is 10.6. The van der Waals surface area contributed by atoms with Crippen LogP contribution >= 0.6 is 23.4 Å². The highest BCUT2D eigenvalue weighted by Gasteiger charge is 2.12. The third-order valence-corrected chi connectivity index (χ3v) is 3.95. The number of aromatic nitrogens is 3. The van der Waals surface area contributed by atoms with Crippen LogP contribution in [0.1, 0.15) is 19.8 Å². The minimum absolute atomic E-state index is 0.204. The molecule has 1 aromatic heterocycles. The predicted molar refractivity (Wildman–Crippen MR) is 84.0 cm³/mol. The van der Waals surface area contributed by atoms with Crippen LogP contribution < -0.4 is 4.74 Å².